The first-order valence-electron chi connectivity index (χ1n) is 5.73. The molecule has 0 bridgehead atoms. The lowest BCUT2D eigenvalue weighted by atomic mass is 9.91. The summed E-state index contributed by atoms with van der Waals surface area (Å²) in [6.07, 6.45) is 9.33. The van der Waals surface area contributed by atoms with Crippen LogP contribution in [0.2, 0.25) is 0 Å². The van der Waals surface area contributed by atoms with E-state index in [1.165, 1.54) is 11.1 Å². The summed E-state index contributed by atoms with van der Waals surface area (Å²) in [6, 6.07) is 8.98. The molecular formula is C15H17N. The molecule has 0 saturated carbocycles. The highest BCUT2D eigenvalue weighted by atomic mass is 15.2. The third kappa shape index (κ3) is 2.03. The molecule has 0 spiro atoms. The van der Waals surface area contributed by atoms with Gasteiger partial charge in [0.25, 0.3) is 0 Å². The van der Waals surface area contributed by atoms with Gasteiger partial charge in [-0.05, 0) is 17.5 Å². The van der Waals surface area contributed by atoms with Gasteiger partial charge in [0.05, 0.1) is 0 Å². The van der Waals surface area contributed by atoms with Crippen molar-refractivity contribution in [2.24, 2.45) is 0 Å². The van der Waals surface area contributed by atoms with E-state index in [9.17, 15) is 0 Å². The van der Waals surface area contributed by atoms with Crippen molar-refractivity contribution in [1.82, 2.24) is 4.90 Å². The summed E-state index contributed by atoms with van der Waals surface area (Å²) in [4.78, 5) is 2.41. The Morgan fingerprint density at radius 1 is 1.50 bits per heavy atom. The number of benzene rings is 1. The molecule has 16 heavy (non-hydrogen) atoms. The molecule has 0 radical (unpaired) electrons. The predicted octanol–water partition coefficient (Wildman–Crippen LogP) is 2.80. The first-order chi connectivity index (χ1) is 7.86. The Balaban J connectivity index is 2.32. The summed E-state index contributed by atoms with van der Waals surface area (Å²) in [5.74, 6) is 2.79. The smallest absolute Gasteiger partial charge is 0.0463 e. The maximum absolute atomic E-state index is 5.47. The standard InChI is InChI=1S/C15H17N/c1-3-7-15-14-9-6-5-8-13(14)10-12-16(15)11-4-2/h1,4-6,8-9,15H,2,7,10-12H2. The highest BCUT2D eigenvalue weighted by molar-refractivity contribution is 5.33. The molecule has 1 heterocycles. The second-order valence-electron chi connectivity index (χ2n) is 4.16. The van der Waals surface area contributed by atoms with Gasteiger partial charge >= 0.3 is 0 Å². The van der Waals surface area contributed by atoms with Crippen molar-refractivity contribution in [3.63, 3.8) is 0 Å². The summed E-state index contributed by atoms with van der Waals surface area (Å²) in [5.41, 5.74) is 2.84. The van der Waals surface area contributed by atoms with E-state index >= 15 is 0 Å². The number of hydrogen-bond donors (Lipinski definition) is 0. The largest absolute Gasteiger partial charge is 0.291 e. The summed E-state index contributed by atoms with van der Waals surface area (Å²) in [5, 5.41) is 0. The lowest BCUT2D eigenvalue weighted by molar-refractivity contribution is 0.209. The monoisotopic (exact) mass is 211 g/mol. The van der Waals surface area contributed by atoms with Gasteiger partial charge in [-0.1, -0.05) is 30.3 Å². The Bertz CT molecular complexity index is 414. The molecule has 1 aliphatic heterocycles. The zero-order chi connectivity index (χ0) is 11.4. The summed E-state index contributed by atoms with van der Waals surface area (Å²) in [6.45, 7) is 5.81. The highest BCUT2D eigenvalue weighted by Crippen LogP contribution is 2.31. The van der Waals surface area contributed by atoms with E-state index in [1.807, 2.05) is 6.08 Å². The van der Waals surface area contributed by atoms with E-state index in [1.54, 1.807) is 0 Å². The quantitative estimate of drug-likeness (QED) is 0.549. The van der Waals surface area contributed by atoms with E-state index in [2.05, 4.69) is 41.7 Å². The van der Waals surface area contributed by atoms with Gasteiger partial charge in [-0.25, -0.2) is 0 Å². The molecular weight excluding hydrogens is 194 g/mol. The Kier molecular flexibility index (Phi) is 3.44. The Morgan fingerprint density at radius 3 is 3.06 bits per heavy atom. The zero-order valence-corrected chi connectivity index (χ0v) is 9.52. The maximum atomic E-state index is 5.47. The molecule has 82 valence electrons. The van der Waals surface area contributed by atoms with Crippen molar-refractivity contribution < 1.29 is 0 Å². The minimum Gasteiger partial charge on any atom is -0.291 e. The lowest BCUT2D eigenvalue weighted by Gasteiger charge is -2.35. The van der Waals surface area contributed by atoms with Gasteiger partial charge in [0, 0.05) is 25.6 Å². The highest BCUT2D eigenvalue weighted by Gasteiger charge is 2.25. The summed E-state index contributed by atoms with van der Waals surface area (Å²) >= 11 is 0. The molecule has 1 aromatic rings. The summed E-state index contributed by atoms with van der Waals surface area (Å²) in [7, 11) is 0. The maximum Gasteiger partial charge on any atom is 0.0463 e. The minimum atomic E-state index is 0.368. The number of fused-ring (bicyclic) bond motifs is 1. The fourth-order valence-electron chi connectivity index (χ4n) is 2.44. The van der Waals surface area contributed by atoms with Crippen molar-refractivity contribution in [2.45, 2.75) is 18.9 Å². The SMILES string of the molecule is C#CCC1c2ccccc2CCN1CC=C. The molecule has 1 aliphatic rings. The van der Waals surface area contributed by atoms with E-state index < -0.39 is 0 Å². The molecule has 2 rings (SSSR count). The molecule has 0 aromatic heterocycles. The van der Waals surface area contributed by atoms with Crippen LogP contribution in [-0.2, 0) is 6.42 Å². The van der Waals surface area contributed by atoms with Crippen LogP contribution in [0.25, 0.3) is 0 Å². The van der Waals surface area contributed by atoms with E-state index in [0.29, 0.717) is 6.04 Å². The molecule has 0 fully saturated rings. The average Bonchev–Trinajstić information content (AvgIpc) is 2.32. The second kappa shape index (κ2) is 5.01. The topological polar surface area (TPSA) is 3.24 Å². The van der Waals surface area contributed by atoms with E-state index in [0.717, 1.165) is 25.9 Å². The van der Waals surface area contributed by atoms with Crippen molar-refractivity contribution >= 4 is 0 Å². The van der Waals surface area contributed by atoms with Crippen molar-refractivity contribution in [3.05, 3.63) is 48.0 Å². The van der Waals surface area contributed by atoms with Crippen LogP contribution in [0.5, 0.6) is 0 Å². The second-order valence-corrected chi connectivity index (χ2v) is 4.16. The van der Waals surface area contributed by atoms with Crippen molar-refractivity contribution in [3.8, 4) is 12.3 Å². The first-order valence-corrected chi connectivity index (χ1v) is 5.73. The normalized spacial score (nSPS) is 19.8. The van der Waals surface area contributed by atoms with Crippen LogP contribution in [0.4, 0.5) is 0 Å². The minimum absolute atomic E-state index is 0.368. The van der Waals surface area contributed by atoms with Gasteiger partial charge in [0.1, 0.15) is 0 Å². The lowest BCUT2D eigenvalue weighted by Crippen LogP contribution is -2.35. The molecule has 0 N–H and O–H groups in total. The first kappa shape index (κ1) is 11.0. The molecule has 0 amide bonds. The Labute approximate surface area is 97.8 Å². The van der Waals surface area contributed by atoms with Crippen molar-refractivity contribution in [1.29, 1.82) is 0 Å². The molecule has 1 nitrogen and oxygen atoms in total. The van der Waals surface area contributed by atoms with Gasteiger partial charge in [0.2, 0.25) is 0 Å². The third-order valence-corrected chi connectivity index (χ3v) is 3.20. The van der Waals surface area contributed by atoms with E-state index in [-0.39, 0.29) is 0 Å². The molecule has 1 aromatic carbocycles. The van der Waals surface area contributed by atoms with Crippen LogP contribution in [0.3, 0.4) is 0 Å². The average molecular weight is 211 g/mol. The molecule has 1 atom stereocenters. The number of nitrogens with zero attached hydrogens (tertiary/aromatic N) is 1. The van der Waals surface area contributed by atoms with Crippen LogP contribution >= 0.6 is 0 Å². The zero-order valence-electron chi connectivity index (χ0n) is 9.52. The van der Waals surface area contributed by atoms with Crippen LogP contribution < -0.4 is 0 Å². The molecule has 1 heteroatoms. The van der Waals surface area contributed by atoms with Crippen molar-refractivity contribution in [2.75, 3.05) is 13.1 Å². The molecule has 1 unspecified atom stereocenters. The molecule has 0 aliphatic carbocycles. The van der Waals surface area contributed by atoms with Crippen LogP contribution in [0.1, 0.15) is 23.6 Å². The van der Waals surface area contributed by atoms with Crippen LogP contribution in [-0.4, -0.2) is 18.0 Å². The number of terminal acetylenes is 1. The molecule has 0 saturated heterocycles. The summed E-state index contributed by atoms with van der Waals surface area (Å²) < 4.78 is 0. The van der Waals surface area contributed by atoms with Gasteiger partial charge in [0.15, 0.2) is 0 Å². The Hall–Kier alpha value is -1.52. The third-order valence-electron chi connectivity index (χ3n) is 3.20. The van der Waals surface area contributed by atoms with Gasteiger partial charge in [-0.3, -0.25) is 4.90 Å². The van der Waals surface area contributed by atoms with Crippen LogP contribution in [0, 0.1) is 12.3 Å². The fraction of sp³-hybridized carbons (Fsp3) is 0.333. The predicted molar refractivity (Wildman–Crippen MR) is 68.1 cm³/mol. The number of hydrogen-bond acceptors (Lipinski definition) is 1. The Morgan fingerprint density at radius 2 is 2.31 bits per heavy atom. The van der Waals surface area contributed by atoms with Gasteiger partial charge < -0.3 is 0 Å². The van der Waals surface area contributed by atoms with Gasteiger partial charge in [-0.2, -0.15) is 0 Å². The van der Waals surface area contributed by atoms with E-state index in [4.69, 9.17) is 6.42 Å². The van der Waals surface area contributed by atoms with Crippen LogP contribution in [0.15, 0.2) is 36.9 Å². The van der Waals surface area contributed by atoms with Gasteiger partial charge in [-0.15, -0.1) is 18.9 Å². The number of rotatable bonds is 3. The fourth-order valence-corrected chi connectivity index (χ4v) is 2.44.